The van der Waals surface area contributed by atoms with Gasteiger partial charge >= 0.3 is 0 Å². The first-order valence-corrected chi connectivity index (χ1v) is 9.58. The standard InChI is InChI=1S/C14H29N3O3S/c1-3-15-11-14-6-4-5-8-17(14)21(18,19)16-13-7-9-20-12(2)10-13/h12-16H,3-11H2,1-2H3. The quantitative estimate of drug-likeness (QED) is 0.761. The van der Waals surface area contributed by atoms with E-state index in [0.29, 0.717) is 13.2 Å². The fraction of sp³-hybridized carbons (Fsp3) is 1.00. The number of nitrogens with zero attached hydrogens (tertiary/aromatic N) is 1. The number of hydrogen-bond acceptors (Lipinski definition) is 4. The number of ether oxygens (including phenoxy) is 1. The molecule has 0 aromatic carbocycles. The Morgan fingerprint density at radius 2 is 2.10 bits per heavy atom. The minimum Gasteiger partial charge on any atom is -0.378 e. The van der Waals surface area contributed by atoms with Crippen LogP contribution in [0.1, 0.15) is 46.0 Å². The van der Waals surface area contributed by atoms with Crippen molar-refractivity contribution in [3.63, 3.8) is 0 Å². The summed E-state index contributed by atoms with van der Waals surface area (Å²) in [6, 6.07) is 0.0777. The first kappa shape index (κ1) is 17.1. The van der Waals surface area contributed by atoms with Crippen LogP contribution < -0.4 is 10.0 Å². The Morgan fingerprint density at radius 3 is 2.81 bits per heavy atom. The van der Waals surface area contributed by atoms with Gasteiger partial charge in [0.25, 0.3) is 10.2 Å². The summed E-state index contributed by atoms with van der Waals surface area (Å²) >= 11 is 0. The lowest BCUT2D eigenvalue weighted by molar-refractivity contribution is 0.0169. The molecule has 7 heteroatoms. The van der Waals surface area contributed by atoms with E-state index in [2.05, 4.69) is 10.0 Å². The van der Waals surface area contributed by atoms with Gasteiger partial charge in [-0.15, -0.1) is 0 Å². The summed E-state index contributed by atoms with van der Waals surface area (Å²) in [5.41, 5.74) is 0. The van der Waals surface area contributed by atoms with E-state index in [0.717, 1.165) is 45.2 Å². The highest BCUT2D eigenvalue weighted by Gasteiger charge is 2.34. The second-order valence-corrected chi connectivity index (χ2v) is 7.75. The normalized spacial score (nSPS) is 32.2. The van der Waals surface area contributed by atoms with Crippen LogP contribution in [0, 0.1) is 0 Å². The van der Waals surface area contributed by atoms with Crippen LogP contribution in [-0.2, 0) is 14.9 Å². The highest BCUT2D eigenvalue weighted by molar-refractivity contribution is 7.87. The number of likely N-dealkylation sites (N-methyl/N-ethyl adjacent to an activating group) is 1. The predicted molar refractivity (Wildman–Crippen MR) is 83.4 cm³/mol. The molecule has 0 bridgehead atoms. The van der Waals surface area contributed by atoms with Crippen LogP contribution in [0.5, 0.6) is 0 Å². The van der Waals surface area contributed by atoms with Gasteiger partial charge in [-0.3, -0.25) is 0 Å². The number of piperidine rings is 1. The van der Waals surface area contributed by atoms with Crippen molar-refractivity contribution in [2.45, 2.75) is 64.1 Å². The smallest absolute Gasteiger partial charge is 0.279 e. The van der Waals surface area contributed by atoms with Crippen molar-refractivity contribution in [2.75, 3.05) is 26.2 Å². The SMILES string of the molecule is CCNCC1CCCCN1S(=O)(=O)NC1CCOC(C)C1. The van der Waals surface area contributed by atoms with E-state index in [1.807, 2.05) is 13.8 Å². The van der Waals surface area contributed by atoms with Crippen LogP contribution in [0.15, 0.2) is 0 Å². The molecule has 3 unspecified atom stereocenters. The number of rotatable bonds is 6. The minimum atomic E-state index is -3.40. The monoisotopic (exact) mass is 319 g/mol. The van der Waals surface area contributed by atoms with E-state index in [4.69, 9.17) is 4.74 Å². The van der Waals surface area contributed by atoms with E-state index in [-0.39, 0.29) is 18.2 Å². The minimum absolute atomic E-state index is 0.000427. The molecule has 2 rings (SSSR count). The molecule has 2 aliphatic rings. The maximum absolute atomic E-state index is 12.7. The molecular weight excluding hydrogens is 290 g/mol. The van der Waals surface area contributed by atoms with Crippen molar-refractivity contribution in [1.29, 1.82) is 0 Å². The average molecular weight is 319 g/mol. The molecule has 2 fully saturated rings. The van der Waals surface area contributed by atoms with Crippen molar-refractivity contribution in [3.05, 3.63) is 0 Å². The van der Waals surface area contributed by atoms with E-state index in [9.17, 15) is 8.42 Å². The average Bonchev–Trinajstić information content (AvgIpc) is 2.45. The topological polar surface area (TPSA) is 70.7 Å². The summed E-state index contributed by atoms with van der Waals surface area (Å²) in [5.74, 6) is 0. The Kier molecular flexibility index (Phi) is 6.43. The van der Waals surface area contributed by atoms with Crippen LogP contribution in [0.3, 0.4) is 0 Å². The van der Waals surface area contributed by atoms with Gasteiger partial charge in [-0.2, -0.15) is 17.4 Å². The molecule has 2 heterocycles. The second kappa shape index (κ2) is 7.87. The molecule has 0 radical (unpaired) electrons. The Bertz CT molecular complexity index is 416. The van der Waals surface area contributed by atoms with Gasteiger partial charge in [0.2, 0.25) is 0 Å². The lowest BCUT2D eigenvalue weighted by Crippen LogP contribution is -2.55. The summed E-state index contributed by atoms with van der Waals surface area (Å²) in [5, 5.41) is 3.28. The van der Waals surface area contributed by atoms with Gasteiger partial charge in [0.1, 0.15) is 0 Å². The van der Waals surface area contributed by atoms with E-state index >= 15 is 0 Å². The third-order valence-electron chi connectivity index (χ3n) is 4.31. The summed E-state index contributed by atoms with van der Waals surface area (Å²) in [6.07, 6.45) is 4.65. The van der Waals surface area contributed by atoms with Crippen molar-refractivity contribution in [1.82, 2.24) is 14.3 Å². The molecule has 6 nitrogen and oxygen atoms in total. The molecule has 0 aromatic rings. The predicted octanol–water partition coefficient (Wildman–Crippen LogP) is 0.852. The van der Waals surface area contributed by atoms with Crippen LogP contribution >= 0.6 is 0 Å². The highest BCUT2D eigenvalue weighted by atomic mass is 32.2. The first-order valence-electron chi connectivity index (χ1n) is 8.14. The van der Waals surface area contributed by atoms with Gasteiger partial charge in [0.15, 0.2) is 0 Å². The highest BCUT2D eigenvalue weighted by Crippen LogP contribution is 2.21. The molecule has 2 N–H and O–H groups in total. The number of hydrogen-bond donors (Lipinski definition) is 2. The third-order valence-corrected chi connectivity index (χ3v) is 6.04. The van der Waals surface area contributed by atoms with Crippen LogP contribution in [0.25, 0.3) is 0 Å². The van der Waals surface area contributed by atoms with Gasteiger partial charge in [0, 0.05) is 31.8 Å². The van der Waals surface area contributed by atoms with Gasteiger partial charge < -0.3 is 10.1 Å². The molecule has 2 saturated heterocycles. The largest absolute Gasteiger partial charge is 0.378 e. The van der Waals surface area contributed by atoms with E-state index < -0.39 is 10.2 Å². The van der Waals surface area contributed by atoms with Crippen molar-refractivity contribution in [3.8, 4) is 0 Å². The molecule has 0 aliphatic carbocycles. The fourth-order valence-corrected chi connectivity index (χ4v) is 4.90. The Labute approximate surface area is 128 Å². The third kappa shape index (κ3) is 4.89. The second-order valence-electron chi connectivity index (χ2n) is 6.09. The number of nitrogens with one attached hydrogen (secondary N) is 2. The summed E-state index contributed by atoms with van der Waals surface area (Å²) in [7, 11) is -3.40. The van der Waals surface area contributed by atoms with E-state index in [1.165, 1.54) is 0 Å². The Hall–Kier alpha value is -0.210. The molecular formula is C14H29N3O3S. The van der Waals surface area contributed by atoms with Crippen LogP contribution in [0.2, 0.25) is 0 Å². The van der Waals surface area contributed by atoms with Crippen molar-refractivity contribution < 1.29 is 13.2 Å². The molecule has 21 heavy (non-hydrogen) atoms. The Balaban J connectivity index is 1.98. The van der Waals surface area contributed by atoms with Gasteiger partial charge in [-0.1, -0.05) is 13.3 Å². The molecule has 0 saturated carbocycles. The van der Waals surface area contributed by atoms with Crippen LogP contribution in [0.4, 0.5) is 0 Å². The molecule has 3 atom stereocenters. The fourth-order valence-electron chi connectivity index (χ4n) is 3.19. The maximum Gasteiger partial charge on any atom is 0.279 e. The molecule has 0 amide bonds. The lowest BCUT2D eigenvalue weighted by atomic mass is 10.1. The van der Waals surface area contributed by atoms with Gasteiger partial charge in [-0.25, -0.2) is 0 Å². The molecule has 0 spiro atoms. The van der Waals surface area contributed by atoms with Crippen molar-refractivity contribution in [2.24, 2.45) is 0 Å². The summed E-state index contributed by atoms with van der Waals surface area (Å²) in [6.45, 7) is 6.91. The molecule has 124 valence electrons. The summed E-state index contributed by atoms with van der Waals surface area (Å²) in [4.78, 5) is 0. The molecule has 0 aromatic heterocycles. The zero-order chi connectivity index (χ0) is 15.3. The molecule has 2 aliphatic heterocycles. The maximum atomic E-state index is 12.7. The van der Waals surface area contributed by atoms with Crippen molar-refractivity contribution >= 4 is 10.2 Å². The summed E-state index contributed by atoms with van der Waals surface area (Å²) < 4.78 is 35.4. The lowest BCUT2D eigenvalue weighted by Gasteiger charge is -2.37. The van der Waals surface area contributed by atoms with E-state index in [1.54, 1.807) is 4.31 Å². The zero-order valence-corrected chi connectivity index (χ0v) is 14.0. The van der Waals surface area contributed by atoms with Gasteiger partial charge in [0.05, 0.1) is 6.10 Å². The zero-order valence-electron chi connectivity index (χ0n) is 13.2. The first-order chi connectivity index (χ1) is 10.0. The van der Waals surface area contributed by atoms with Crippen LogP contribution in [-0.4, -0.2) is 57.2 Å². The van der Waals surface area contributed by atoms with Gasteiger partial charge in [-0.05, 0) is 39.2 Å². The Morgan fingerprint density at radius 1 is 1.29 bits per heavy atom.